The van der Waals surface area contributed by atoms with Gasteiger partial charge in [-0.2, -0.15) is 0 Å². The average Bonchev–Trinajstić information content (AvgIpc) is 2.82. The van der Waals surface area contributed by atoms with Gasteiger partial charge in [0.15, 0.2) is 6.29 Å². The molecule has 2 fully saturated rings. The first kappa shape index (κ1) is 22.5. The molecule has 2 saturated heterocycles. The SMILES string of the molecule is COc1cc(=O)oc(\C=C/C=C/C=C\C2(C)OC3(C)C(O)OC(C)(C2O)C3O)c1C. The molecule has 6 atom stereocenters. The van der Waals surface area contributed by atoms with Gasteiger partial charge in [0, 0.05) is 5.56 Å². The maximum Gasteiger partial charge on any atom is 0.339 e. The molecule has 6 unspecified atom stereocenters. The maximum absolute atomic E-state index is 11.6. The number of aliphatic hydroxyl groups is 3. The Morgan fingerprint density at radius 1 is 1.03 bits per heavy atom. The summed E-state index contributed by atoms with van der Waals surface area (Å²) < 4.78 is 21.7. The van der Waals surface area contributed by atoms with E-state index in [1.807, 2.05) is 0 Å². The van der Waals surface area contributed by atoms with Crippen molar-refractivity contribution in [1.29, 1.82) is 0 Å². The lowest BCUT2D eigenvalue weighted by Crippen LogP contribution is -2.69. The van der Waals surface area contributed by atoms with Crippen molar-refractivity contribution in [3.8, 4) is 5.75 Å². The largest absolute Gasteiger partial charge is 0.496 e. The molecule has 1 aromatic rings. The summed E-state index contributed by atoms with van der Waals surface area (Å²) in [6, 6.07) is 1.28. The number of hydrogen-bond donors (Lipinski definition) is 3. The smallest absolute Gasteiger partial charge is 0.339 e. The summed E-state index contributed by atoms with van der Waals surface area (Å²) in [7, 11) is 1.48. The lowest BCUT2D eigenvalue weighted by molar-refractivity contribution is -0.264. The van der Waals surface area contributed by atoms with Crippen LogP contribution < -0.4 is 10.4 Å². The van der Waals surface area contributed by atoms with Crippen LogP contribution in [0.4, 0.5) is 0 Å². The van der Waals surface area contributed by atoms with Crippen molar-refractivity contribution in [3.63, 3.8) is 0 Å². The monoisotopic (exact) mass is 420 g/mol. The highest BCUT2D eigenvalue weighted by atomic mass is 16.7. The highest BCUT2D eigenvalue weighted by molar-refractivity contribution is 5.52. The Labute approximate surface area is 174 Å². The molecule has 30 heavy (non-hydrogen) atoms. The van der Waals surface area contributed by atoms with Gasteiger partial charge in [0.1, 0.15) is 40.5 Å². The summed E-state index contributed by atoms with van der Waals surface area (Å²) in [5.41, 5.74) is -3.71. The van der Waals surface area contributed by atoms with Gasteiger partial charge in [0.05, 0.1) is 13.2 Å². The predicted molar refractivity (Wildman–Crippen MR) is 109 cm³/mol. The Kier molecular flexibility index (Phi) is 5.83. The lowest BCUT2D eigenvalue weighted by atomic mass is 9.74. The normalized spacial score (nSPS) is 38.9. The summed E-state index contributed by atoms with van der Waals surface area (Å²) in [6.07, 6.45) is 6.32. The summed E-state index contributed by atoms with van der Waals surface area (Å²) in [4.78, 5) is 11.6. The third kappa shape index (κ3) is 3.55. The molecule has 0 spiro atoms. The second kappa shape index (κ2) is 7.79. The molecule has 0 aliphatic carbocycles. The van der Waals surface area contributed by atoms with Crippen molar-refractivity contribution < 1.29 is 33.9 Å². The van der Waals surface area contributed by atoms with Gasteiger partial charge >= 0.3 is 5.63 Å². The van der Waals surface area contributed by atoms with Crippen LogP contribution in [0.5, 0.6) is 5.75 Å². The number of allylic oxidation sites excluding steroid dienone is 4. The number of hydrogen-bond acceptors (Lipinski definition) is 8. The quantitative estimate of drug-likeness (QED) is 0.613. The standard InChI is InChI=1S/C22H28O8/c1-13-14(28-16(23)12-15(13)27-5)10-8-6-7-9-11-20(2)17(24)21(3)18(25)22(4,30-20)19(26)29-21/h6-12,17-19,24-26H,1-5H3/b7-6+,10-8-,11-9-. The van der Waals surface area contributed by atoms with Crippen molar-refractivity contribution in [3.05, 3.63) is 58.2 Å². The van der Waals surface area contributed by atoms with E-state index in [2.05, 4.69) is 0 Å². The van der Waals surface area contributed by atoms with Gasteiger partial charge in [-0.1, -0.05) is 30.4 Å². The van der Waals surface area contributed by atoms with Crippen molar-refractivity contribution in [2.75, 3.05) is 7.11 Å². The van der Waals surface area contributed by atoms with E-state index in [4.69, 9.17) is 18.6 Å². The van der Waals surface area contributed by atoms with E-state index >= 15 is 0 Å². The van der Waals surface area contributed by atoms with Crippen molar-refractivity contribution in [2.24, 2.45) is 0 Å². The fraction of sp³-hybridized carbons (Fsp3) is 0.500. The Morgan fingerprint density at radius 2 is 1.70 bits per heavy atom. The van der Waals surface area contributed by atoms with Gasteiger partial charge in [-0.25, -0.2) is 4.79 Å². The van der Waals surface area contributed by atoms with Gasteiger partial charge in [-0.3, -0.25) is 0 Å². The third-order valence-corrected chi connectivity index (χ3v) is 5.89. The van der Waals surface area contributed by atoms with Gasteiger partial charge < -0.3 is 33.9 Å². The Morgan fingerprint density at radius 3 is 2.37 bits per heavy atom. The second-order valence-corrected chi connectivity index (χ2v) is 8.16. The van der Waals surface area contributed by atoms with E-state index in [0.29, 0.717) is 17.1 Å². The van der Waals surface area contributed by atoms with Gasteiger partial charge in [-0.05, 0) is 33.8 Å². The number of aliphatic hydroxyl groups excluding tert-OH is 3. The van der Waals surface area contributed by atoms with E-state index in [0.717, 1.165) is 0 Å². The Hall–Kier alpha value is -2.23. The highest BCUT2D eigenvalue weighted by Crippen LogP contribution is 2.51. The summed E-state index contributed by atoms with van der Waals surface area (Å²) in [6.45, 7) is 6.55. The average molecular weight is 420 g/mol. The summed E-state index contributed by atoms with van der Waals surface area (Å²) >= 11 is 0. The minimum atomic E-state index is -1.36. The molecule has 3 N–H and O–H groups in total. The Bertz CT molecular complexity index is 947. The van der Waals surface area contributed by atoms with E-state index < -0.39 is 40.9 Å². The molecule has 2 aliphatic rings. The van der Waals surface area contributed by atoms with Crippen molar-refractivity contribution >= 4 is 6.08 Å². The molecule has 0 radical (unpaired) electrons. The molecule has 164 valence electrons. The zero-order valence-corrected chi connectivity index (χ0v) is 17.7. The van der Waals surface area contributed by atoms with Crippen LogP contribution in [-0.4, -0.2) is 57.7 Å². The molecular weight excluding hydrogens is 392 g/mol. The van der Waals surface area contributed by atoms with Crippen LogP contribution >= 0.6 is 0 Å². The first-order valence-corrected chi connectivity index (χ1v) is 9.61. The number of rotatable bonds is 5. The van der Waals surface area contributed by atoms with Gasteiger partial charge in [0.25, 0.3) is 0 Å². The van der Waals surface area contributed by atoms with E-state index in [9.17, 15) is 20.1 Å². The van der Waals surface area contributed by atoms with Crippen LogP contribution in [0.25, 0.3) is 6.08 Å². The van der Waals surface area contributed by atoms with Crippen LogP contribution in [0.3, 0.4) is 0 Å². The van der Waals surface area contributed by atoms with Gasteiger partial charge in [0.2, 0.25) is 0 Å². The fourth-order valence-corrected chi connectivity index (χ4v) is 4.11. The third-order valence-electron chi connectivity index (χ3n) is 5.89. The number of methoxy groups -OCH3 is 1. The first-order valence-electron chi connectivity index (χ1n) is 9.61. The molecule has 8 heteroatoms. The van der Waals surface area contributed by atoms with Crippen LogP contribution in [0, 0.1) is 6.92 Å². The first-order chi connectivity index (χ1) is 14.0. The molecule has 0 saturated carbocycles. The molecule has 1 aromatic heterocycles. The van der Waals surface area contributed by atoms with Gasteiger partial charge in [-0.15, -0.1) is 0 Å². The van der Waals surface area contributed by atoms with Crippen molar-refractivity contribution in [1.82, 2.24) is 0 Å². The van der Waals surface area contributed by atoms with Crippen LogP contribution in [0.1, 0.15) is 32.1 Å². The predicted octanol–water partition coefficient (Wildman–Crippen LogP) is 1.46. The maximum atomic E-state index is 11.6. The minimum absolute atomic E-state index is 0.392. The second-order valence-electron chi connectivity index (χ2n) is 8.16. The highest BCUT2D eigenvalue weighted by Gasteiger charge is 2.71. The molecule has 8 nitrogen and oxygen atoms in total. The lowest BCUT2D eigenvalue weighted by Gasteiger charge is -2.50. The van der Waals surface area contributed by atoms with E-state index in [-0.39, 0.29) is 0 Å². The van der Waals surface area contributed by atoms with E-state index in [1.165, 1.54) is 13.2 Å². The summed E-state index contributed by atoms with van der Waals surface area (Å²) in [5, 5.41) is 31.4. The molecule has 2 bridgehead atoms. The molecule has 3 heterocycles. The Balaban J connectivity index is 1.74. The topological polar surface area (TPSA) is 119 Å². The molecular formula is C22H28O8. The zero-order valence-electron chi connectivity index (χ0n) is 17.7. The molecule has 2 aliphatic heterocycles. The number of fused-ring (bicyclic) bond motifs is 2. The van der Waals surface area contributed by atoms with Crippen LogP contribution in [-0.2, 0) is 9.47 Å². The summed E-state index contributed by atoms with van der Waals surface area (Å²) in [5.74, 6) is 0.845. The van der Waals surface area contributed by atoms with E-state index in [1.54, 1.807) is 64.2 Å². The minimum Gasteiger partial charge on any atom is -0.496 e. The van der Waals surface area contributed by atoms with Crippen LogP contribution in [0.2, 0.25) is 0 Å². The fourth-order valence-electron chi connectivity index (χ4n) is 4.11. The number of ether oxygens (including phenoxy) is 3. The molecule has 0 amide bonds. The molecule has 3 rings (SSSR count). The molecule has 0 aromatic carbocycles. The zero-order chi connectivity index (χ0) is 22.3. The van der Waals surface area contributed by atoms with Crippen LogP contribution in [0.15, 0.2) is 45.7 Å². The van der Waals surface area contributed by atoms with Crippen molar-refractivity contribution in [2.45, 2.75) is 63.0 Å².